The molecule has 0 saturated carbocycles. The lowest BCUT2D eigenvalue weighted by Gasteiger charge is -2.12. The van der Waals surface area contributed by atoms with Gasteiger partial charge in [-0.05, 0) is 29.8 Å². The van der Waals surface area contributed by atoms with Crippen molar-refractivity contribution < 1.29 is 4.74 Å². The van der Waals surface area contributed by atoms with E-state index in [1.54, 1.807) is 7.11 Å². The second-order valence-corrected chi connectivity index (χ2v) is 4.71. The summed E-state index contributed by atoms with van der Waals surface area (Å²) in [6, 6.07) is 22.8. The summed E-state index contributed by atoms with van der Waals surface area (Å²) >= 11 is 0. The van der Waals surface area contributed by atoms with E-state index in [2.05, 4.69) is 53.2 Å². The van der Waals surface area contributed by atoms with Crippen LogP contribution in [0.25, 0.3) is 11.3 Å². The molecule has 0 aliphatic carbocycles. The second kappa shape index (κ2) is 5.66. The number of ether oxygens (including phenoxy) is 1. The summed E-state index contributed by atoms with van der Waals surface area (Å²) in [7, 11) is 1.71. The van der Waals surface area contributed by atoms with Gasteiger partial charge in [0.15, 0.2) is 0 Å². The van der Waals surface area contributed by atoms with Crippen LogP contribution in [-0.4, -0.2) is 11.7 Å². The minimum absolute atomic E-state index is 0.862. The number of hydrogen-bond donors (Lipinski definition) is 0. The van der Waals surface area contributed by atoms with E-state index in [1.165, 1.54) is 11.3 Å². The van der Waals surface area contributed by atoms with Crippen LogP contribution >= 0.6 is 0 Å². The molecule has 2 heteroatoms. The van der Waals surface area contributed by atoms with Gasteiger partial charge < -0.3 is 9.30 Å². The average Bonchev–Trinajstić information content (AvgIpc) is 2.96. The van der Waals surface area contributed by atoms with Crippen molar-refractivity contribution in [3.8, 4) is 17.0 Å². The van der Waals surface area contributed by atoms with Gasteiger partial charge in [0.25, 0.3) is 0 Å². The van der Waals surface area contributed by atoms with Gasteiger partial charge in [-0.15, -0.1) is 0 Å². The molecule has 0 atom stereocenters. The summed E-state index contributed by atoms with van der Waals surface area (Å²) < 4.78 is 7.70. The van der Waals surface area contributed by atoms with Crippen LogP contribution in [0.4, 0.5) is 0 Å². The van der Waals surface area contributed by atoms with E-state index in [1.807, 2.05) is 24.3 Å². The highest BCUT2D eigenvalue weighted by atomic mass is 16.5. The molecule has 1 aromatic heterocycles. The highest BCUT2D eigenvalue weighted by Crippen LogP contribution is 2.30. The molecule has 3 rings (SSSR count). The van der Waals surface area contributed by atoms with Crippen LogP contribution in [-0.2, 0) is 6.54 Å². The van der Waals surface area contributed by atoms with Gasteiger partial charge in [-0.2, -0.15) is 0 Å². The van der Waals surface area contributed by atoms with Crippen LogP contribution in [0.2, 0.25) is 0 Å². The standard InChI is InChI=1S/C18H17NO/c1-20-18-12-6-5-10-16(18)17-11-7-13-19(17)14-15-8-3-2-4-9-15/h2-13H,14H2,1H3. The van der Waals surface area contributed by atoms with Crippen LogP contribution in [0.1, 0.15) is 5.56 Å². The number of nitrogens with zero attached hydrogens (tertiary/aromatic N) is 1. The van der Waals surface area contributed by atoms with E-state index in [9.17, 15) is 0 Å². The molecule has 0 spiro atoms. The largest absolute Gasteiger partial charge is 0.496 e. The lowest BCUT2D eigenvalue weighted by atomic mass is 10.1. The molecule has 0 aliphatic heterocycles. The highest BCUT2D eigenvalue weighted by Gasteiger charge is 2.09. The Hall–Kier alpha value is -2.48. The Morgan fingerprint density at radius 1 is 0.850 bits per heavy atom. The first kappa shape index (κ1) is 12.5. The molecule has 0 bridgehead atoms. The molecule has 3 aromatic rings. The quantitative estimate of drug-likeness (QED) is 0.687. The second-order valence-electron chi connectivity index (χ2n) is 4.71. The summed E-state index contributed by atoms with van der Waals surface area (Å²) in [4.78, 5) is 0. The topological polar surface area (TPSA) is 14.2 Å². The van der Waals surface area contributed by atoms with Crippen LogP contribution in [0.15, 0.2) is 72.9 Å². The maximum absolute atomic E-state index is 5.46. The fraction of sp³-hybridized carbons (Fsp3) is 0.111. The number of rotatable bonds is 4. The molecule has 0 amide bonds. The molecular formula is C18H17NO. The van der Waals surface area contributed by atoms with E-state index < -0.39 is 0 Å². The fourth-order valence-electron chi connectivity index (χ4n) is 2.43. The molecule has 0 unspecified atom stereocenters. The Kier molecular flexibility index (Phi) is 3.55. The Labute approximate surface area is 119 Å². The van der Waals surface area contributed by atoms with Crippen molar-refractivity contribution in [3.63, 3.8) is 0 Å². The summed E-state index contributed by atoms with van der Waals surface area (Å²) in [5.41, 5.74) is 3.59. The van der Waals surface area contributed by atoms with Crippen molar-refractivity contribution in [3.05, 3.63) is 78.5 Å². The fourth-order valence-corrected chi connectivity index (χ4v) is 2.43. The van der Waals surface area contributed by atoms with Crippen molar-refractivity contribution in [1.29, 1.82) is 0 Å². The van der Waals surface area contributed by atoms with Crippen molar-refractivity contribution in [2.75, 3.05) is 7.11 Å². The maximum atomic E-state index is 5.46. The van der Waals surface area contributed by atoms with Gasteiger partial charge in [-0.3, -0.25) is 0 Å². The third-order valence-electron chi connectivity index (χ3n) is 3.41. The zero-order valence-corrected chi connectivity index (χ0v) is 11.5. The van der Waals surface area contributed by atoms with Crippen LogP contribution < -0.4 is 4.74 Å². The van der Waals surface area contributed by atoms with Crippen molar-refractivity contribution >= 4 is 0 Å². The first-order valence-corrected chi connectivity index (χ1v) is 6.71. The molecule has 2 nitrogen and oxygen atoms in total. The molecule has 1 heterocycles. The zero-order valence-electron chi connectivity index (χ0n) is 11.5. The molecule has 2 aromatic carbocycles. The van der Waals surface area contributed by atoms with E-state index in [-0.39, 0.29) is 0 Å². The number of hydrogen-bond acceptors (Lipinski definition) is 1. The van der Waals surface area contributed by atoms with Gasteiger partial charge in [0.2, 0.25) is 0 Å². The predicted molar refractivity (Wildman–Crippen MR) is 82.0 cm³/mol. The lowest BCUT2D eigenvalue weighted by Crippen LogP contribution is -2.00. The van der Waals surface area contributed by atoms with Gasteiger partial charge in [0, 0.05) is 18.3 Å². The monoisotopic (exact) mass is 263 g/mol. The number of para-hydroxylation sites is 1. The number of methoxy groups -OCH3 is 1. The molecule has 0 fully saturated rings. The zero-order chi connectivity index (χ0) is 13.8. The smallest absolute Gasteiger partial charge is 0.128 e. The Morgan fingerprint density at radius 2 is 1.60 bits per heavy atom. The first-order chi connectivity index (χ1) is 9.88. The maximum Gasteiger partial charge on any atom is 0.128 e. The van der Waals surface area contributed by atoms with Crippen LogP contribution in [0, 0.1) is 0 Å². The summed E-state index contributed by atoms with van der Waals surface area (Å²) in [6.45, 7) is 0.862. The summed E-state index contributed by atoms with van der Waals surface area (Å²) in [5, 5.41) is 0. The molecular weight excluding hydrogens is 246 g/mol. The van der Waals surface area contributed by atoms with Gasteiger partial charge in [-0.1, -0.05) is 42.5 Å². The number of benzene rings is 2. The molecule has 0 N–H and O–H groups in total. The Balaban J connectivity index is 1.98. The van der Waals surface area contributed by atoms with E-state index in [0.717, 1.165) is 17.9 Å². The SMILES string of the molecule is COc1ccccc1-c1cccn1Cc1ccccc1. The molecule has 0 saturated heterocycles. The lowest BCUT2D eigenvalue weighted by molar-refractivity contribution is 0.416. The van der Waals surface area contributed by atoms with Crippen molar-refractivity contribution in [1.82, 2.24) is 4.57 Å². The Bertz CT molecular complexity index is 685. The van der Waals surface area contributed by atoms with Crippen molar-refractivity contribution in [2.24, 2.45) is 0 Å². The molecule has 100 valence electrons. The van der Waals surface area contributed by atoms with E-state index in [4.69, 9.17) is 4.74 Å². The minimum atomic E-state index is 0.862. The van der Waals surface area contributed by atoms with Crippen LogP contribution in [0.3, 0.4) is 0 Å². The normalized spacial score (nSPS) is 10.4. The molecule has 20 heavy (non-hydrogen) atoms. The van der Waals surface area contributed by atoms with Gasteiger partial charge in [0.1, 0.15) is 5.75 Å². The average molecular weight is 263 g/mol. The van der Waals surface area contributed by atoms with Crippen LogP contribution in [0.5, 0.6) is 5.75 Å². The van der Waals surface area contributed by atoms with Gasteiger partial charge >= 0.3 is 0 Å². The third-order valence-corrected chi connectivity index (χ3v) is 3.41. The molecule has 0 radical (unpaired) electrons. The summed E-state index contributed by atoms with van der Waals surface area (Å²) in [5.74, 6) is 0.903. The highest BCUT2D eigenvalue weighted by molar-refractivity contribution is 5.67. The van der Waals surface area contributed by atoms with Gasteiger partial charge in [-0.25, -0.2) is 0 Å². The van der Waals surface area contributed by atoms with Crippen molar-refractivity contribution in [2.45, 2.75) is 6.54 Å². The van der Waals surface area contributed by atoms with E-state index >= 15 is 0 Å². The number of aromatic nitrogens is 1. The Morgan fingerprint density at radius 3 is 2.40 bits per heavy atom. The third kappa shape index (κ3) is 2.45. The summed E-state index contributed by atoms with van der Waals surface area (Å²) in [6.07, 6.45) is 2.11. The minimum Gasteiger partial charge on any atom is -0.496 e. The predicted octanol–water partition coefficient (Wildman–Crippen LogP) is 4.21. The first-order valence-electron chi connectivity index (χ1n) is 6.71. The molecule has 0 aliphatic rings. The van der Waals surface area contributed by atoms with E-state index in [0.29, 0.717) is 0 Å². The van der Waals surface area contributed by atoms with Gasteiger partial charge in [0.05, 0.1) is 12.8 Å².